The molecule has 80 valence electrons. The Morgan fingerprint density at radius 3 is 1.50 bits per heavy atom. The standard InChI is InChI=1S/3C4H9.Al.Li.H/c2*1-4(2)3;1-3-4-2;;;/h2*4H,1H2,2-3H3;3H,4H2,1-2H3;;;/q;;;;+1;-1. The Hall–Kier alpha value is 1.13. The van der Waals surface area contributed by atoms with E-state index in [2.05, 4.69) is 41.5 Å². The molecule has 1 atom stereocenters. The van der Waals surface area contributed by atoms with Gasteiger partial charge in [0.1, 0.15) is 0 Å². The van der Waals surface area contributed by atoms with Crippen LogP contribution < -0.4 is 18.9 Å². The Morgan fingerprint density at radius 1 is 0.929 bits per heavy atom. The van der Waals surface area contributed by atoms with E-state index in [0.29, 0.717) is 0 Å². The van der Waals surface area contributed by atoms with Gasteiger partial charge < -0.3 is 1.43 Å². The van der Waals surface area contributed by atoms with Crippen LogP contribution in [0.3, 0.4) is 0 Å². The van der Waals surface area contributed by atoms with E-state index < -0.39 is 14.1 Å². The SMILES string of the molecule is CC[CH](C)[Al]([CH2]C(C)C)[CH2]C(C)C.[H-].[Li+]. The summed E-state index contributed by atoms with van der Waals surface area (Å²) < 4.78 is 1.05. The van der Waals surface area contributed by atoms with Gasteiger partial charge in [-0.25, -0.2) is 0 Å². The smallest absolute Gasteiger partial charge is 1.00 e. The first-order valence-electron chi connectivity index (χ1n) is 5.97. The number of hydrogen-bond donors (Lipinski definition) is 0. The normalized spacial score (nSPS) is 12.9. The molecule has 0 bridgehead atoms. The van der Waals surface area contributed by atoms with Gasteiger partial charge in [-0.1, -0.05) is 75.1 Å². The molecular formula is C12H28AlLi. The molecular weight excluding hydrogens is 178 g/mol. The van der Waals surface area contributed by atoms with Crippen molar-refractivity contribution in [3.8, 4) is 0 Å². The third kappa shape index (κ3) is 8.44. The third-order valence-corrected chi connectivity index (χ3v) is 8.17. The van der Waals surface area contributed by atoms with Crippen LogP contribution in [-0.2, 0) is 0 Å². The minimum absolute atomic E-state index is 0. The van der Waals surface area contributed by atoms with Gasteiger partial charge in [0.05, 0.1) is 0 Å². The van der Waals surface area contributed by atoms with Gasteiger partial charge >= 0.3 is 18.9 Å². The Morgan fingerprint density at radius 2 is 1.29 bits per heavy atom. The molecule has 0 amide bonds. The summed E-state index contributed by atoms with van der Waals surface area (Å²) in [6, 6.07) is 0. The van der Waals surface area contributed by atoms with E-state index in [9.17, 15) is 0 Å². The average molecular weight is 206 g/mol. The second-order valence-corrected chi connectivity index (χ2v) is 9.01. The first-order chi connectivity index (χ1) is 5.97. The molecule has 0 aromatic rings. The second kappa shape index (κ2) is 9.36. The van der Waals surface area contributed by atoms with Crippen molar-refractivity contribution < 1.29 is 20.3 Å². The van der Waals surface area contributed by atoms with Crippen molar-refractivity contribution in [1.82, 2.24) is 0 Å². The molecule has 0 radical (unpaired) electrons. The van der Waals surface area contributed by atoms with E-state index in [0.717, 1.165) is 16.6 Å². The third-order valence-electron chi connectivity index (χ3n) is 3.00. The van der Waals surface area contributed by atoms with Gasteiger partial charge in [0.2, 0.25) is 0 Å². The first-order valence-corrected chi connectivity index (χ1v) is 8.27. The molecule has 0 rings (SSSR count). The summed E-state index contributed by atoms with van der Waals surface area (Å²) in [6.07, 6.45) is 1.40. The van der Waals surface area contributed by atoms with Gasteiger partial charge in [-0.3, -0.25) is 0 Å². The van der Waals surface area contributed by atoms with Crippen LogP contribution in [0.4, 0.5) is 0 Å². The molecule has 0 spiro atoms. The van der Waals surface area contributed by atoms with Gasteiger partial charge in [-0.2, -0.15) is 0 Å². The molecule has 2 heteroatoms. The van der Waals surface area contributed by atoms with Gasteiger partial charge in [-0.15, -0.1) is 0 Å². The van der Waals surface area contributed by atoms with E-state index in [1.165, 1.54) is 6.42 Å². The molecule has 0 saturated heterocycles. The van der Waals surface area contributed by atoms with E-state index >= 15 is 0 Å². The fourth-order valence-electron chi connectivity index (χ4n) is 2.11. The molecule has 14 heavy (non-hydrogen) atoms. The zero-order valence-corrected chi connectivity index (χ0v) is 12.6. The van der Waals surface area contributed by atoms with Crippen LogP contribution in [0, 0.1) is 11.8 Å². The van der Waals surface area contributed by atoms with Crippen LogP contribution >= 0.6 is 0 Å². The van der Waals surface area contributed by atoms with Gasteiger partial charge in [0, 0.05) is 0 Å². The number of rotatable bonds is 6. The van der Waals surface area contributed by atoms with Crippen molar-refractivity contribution >= 4 is 14.1 Å². The monoisotopic (exact) mass is 206 g/mol. The topological polar surface area (TPSA) is 0 Å². The minimum Gasteiger partial charge on any atom is -1.00 e. The molecule has 0 aromatic carbocycles. The fourth-order valence-corrected chi connectivity index (χ4v) is 6.32. The zero-order chi connectivity index (χ0) is 10.4. The van der Waals surface area contributed by atoms with Crippen molar-refractivity contribution in [2.75, 3.05) is 0 Å². The second-order valence-electron chi connectivity index (χ2n) is 5.40. The summed E-state index contributed by atoms with van der Waals surface area (Å²) in [4.78, 5) is 0. The van der Waals surface area contributed by atoms with Crippen LogP contribution in [-0.4, -0.2) is 14.1 Å². The van der Waals surface area contributed by atoms with Crippen molar-refractivity contribution in [2.24, 2.45) is 11.8 Å². The van der Waals surface area contributed by atoms with E-state index in [1.807, 2.05) is 0 Å². The van der Waals surface area contributed by atoms with Gasteiger partial charge in [-0.05, 0) is 0 Å². The van der Waals surface area contributed by atoms with Crippen molar-refractivity contribution in [1.29, 1.82) is 0 Å². The molecule has 0 aliphatic heterocycles. The van der Waals surface area contributed by atoms with Crippen molar-refractivity contribution in [3.05, 3.63) is 0 Å². The Kier molecular flexibility index (Phi) is 11.7. The average Bonchev–Trinajstić information content (AvgIpc) is 2.00. The van der Waals surface area contributed by atoms with E-state index in [-0.39, 0.29) is 20.3 Å². The quantitative estimate of drug-likeness (QED) is 0.580. The van der Waals surface area contributed by atoms with Crippen LogP contribution in [0.2, 0.25) is 15.3 Å². The molecule has 0 aromatic heterocycles. The largest absolute Gasteiger partial charge is 1.00 e. The van der Waals surface area contributed by atoms with Crippen molar-refractivity contribution in [2.45, 2.75) is 63.3 Å². The summed E-state index contributed by atoms with van der Waals surface area (Å²) in [5.41, 5.74) is 0. The Balaban J connectivity index is -0.000000720. The predicted octanol–water partition coefficient (Wildman–Crippen LogP) is 1.71. The molecule has 0 N–H and O–H groups in total. The van der Waals surface area contributed by atoms with Crippen molar-refractivity contribution in [3.63, 3.8) is 0 Å². The predicted molar refractivity (Wildman–Crippen MR) is 65.9 cm³/mol. The van der Waals surface area contributed by atoms with Crippen LogP contribution in [0.1, 0.15) is 49.4 Å². The molecule has 1 unspecified atom stereocenters. The van der Waals surface area contributed by atoms with Crippen LogP contribution in [0.5, 0.6) is 0 Å². The van der Waals surface area contributed by atoms with Gasteiger partial charge in [0.15, 0.2) is 0 Å². The zero-order valence-electron chi connectivity index (χ0n) is 12.4. The van der Waals surface area contributed by atoms with E-state index in [4.69, 9.17) is 0 Å². The summed E-state index contributed by atoms with van der Waals surface area (Å²) in [6.45, 7) is 14.3. The van der Waals surface area contributed by atoms with Crippen LogP contribution in [0.15, 0.2) is 0 Å². The summed E-state index contributed by atoms with van der Waals surface area (Å²) in [5, 5.41) is 3.10. The molecule has 0 saturated carbocycles. The Labute approximate surface area is 109 Å². The maximum absolute atomic E-state index is 2.47. The van der Waals surface area contributed by atoms with Gasteiger partial charge in [0.25, 0.3) is 14.1 Å². The molecule has 0 heterocycles. The maximum atomic E-state index is 2.47. The molecule has 0 fully saturated rings. The molecule has 0 aliphatic rings. The van der Waals surface area contributed by atoms with E-state index in [1.54, 1.807) is 10.6 Å². The minimum atomic E-state index is -0.444. The molecule has 0 aliphatic carbocycles. The first kappa shape index (κ1) is 17.5. The summed E-state index contributed by atoms with van der Waals surface area (Å²) in [7, 11) is 0. The number of hydrogen-bond acceptors (Lipinski definition) is 0. The fraction of sp³-hybridized carbons (Fsp3) is 1.00. The van der Waals surface area contributed by atoms with Crippen LogP contribution in [0.25, 0.3) is 0 Å². The molecule has 0 nitrogen and oxygen atoms in total. The Bertz CT molecular complexity index is 119. The maximum Gasteiger partial charge on any atom is 1.00 e. The summed E-state index contributed by atoms with van der Waals surface area (Å²) >= 11 is -0.444. The summed E-state index contributed by atoms with van der Waals surface area (Å²) in [5.74, 6) is 1.84.